The summed E-state index contributed by atoms with van der Waals surface area (Å²) in [6.07, 6.45) is 23.2. The Kier molecular flexibility index (Phi) is 17.9. The SMILES string of the molecule is C.C#C[C@@]12CC[C@@H](C)C(C)(C(=O)C[C@](C)(C=C)CO)C1C1(CC2)OCCO1.C#C[C@@]12CC[C@@H](C)C(C)(C(=O)C[C@](C)(C=C)COCc3ccc(OC)cc3)C1C1(CC2)OCCO1.S=S=S.[2H][2H]. The van der Waals surface area contributed by atoms with Crippen LogP contribution in [0.2, 0.25) is 0 Å². The van der Waals surface area contributed by atoms with Crippen molar-refractivity contribution in [3.05, 3.63) is 55.1 Å². The quantitative estimate of drug-likeness (QED) is 0.142. The van der Waals surface area contributed by atoms with E-state index in [0.717, 1.165) is 71.6 Å². The Morgan fingerprint density at radius 3 is 1.58 bits per heavy atom. The summed E-state index contributed by atoms with van der Waals surface area (Å²) in [5.41, 5.74) is -2.08. The largest absolute Gasteiger partial charge is 0.497 e. The average molecular weight is 957 g/mol. The number of aliphatic hydroxyl groups is 1. The maximum Gasteiger partial charge on any atom is 0.173 e. The van der Waals surface area contributed by atoms with Gasteiger partial charge in [0.2, 0.25) is 0 Å². The molecule has 65 heavy (non-hydrogen) atoms. The van der Waals surface area contributed by atoms with Crippen molar-refractivity contribution in [2.24, 2.45) is 56.2 Å². The number of ketones is 2. The maximum absolute atomic E-state index is 14.3. The normalized spacial score (nSPS) is 34.3. The second-order valence-electron chi connectivity index (χ2n) is 20.4. The summed E-state index contributed by atoms with van der Waals surface area (Å²) in [4.78, 5) is 27.9. The molecule has 12 heteroatoms. The summed E-state index contributed by atoms with van der Waals surface area (Å²) in [6.45, 7) is 23.3. The van der Waals surface area contributed by atoms with Crippen LogP contribution >= 0.6 is 0 Å². The molecule has 4 unspecified atom stereocenters. The topological polar surface area (TPSA) is 110 Å². The average Bonchev–Trinajstić information content (AvgIpc) is 4.15. The van der Waals surface area contributed by atoms with Gasteiger partial charge >= 0.3 is 0 Å². The van der Waals surface area contributed by atoms with Gasteiger partial charge in [-0.1, -0.05) is 85.1 Å². The molecular weight excluding hydrogens is 877 g/mol. The van der Waals surface area contributed by atoms with Gasteiger partial charge in [-0.05, 0) is 68.1 Å². The Bertz CT molecular complexity index is 1990. The van der Waals surface area contributed by atoms with Crippen molar-refractivity contribution < 1.29 is 46.1 Å². The summed E-state index contributed by atoms with van der Waals surface area (Å²) in [6, 6.07) is 7.81. The first kappa shape index (κ1) is 53.3. The third-order valence-electron chi connectivity index (χ3n) is 16.8. The molecule has 10 atom stereocenters. The lowest BCUT2D eigenvalue weighted by Gasteiger charge is -2.54. The highest BCUT2D eigenvalue weighted by Crippen LogP contribution is 2.68. The molecule has 0 amide bonds. The van der Waals surface area contributed by atoms with E-state index in [4.69, 9.17) is 44.2 Å². The fourth-order valence-corrected chi connectivity index (χ4v) is 12.4. The van der Waals surface area contributed by atoms with Crippen LogP contribution in [0.3, 0.4) is 0 Å². The number of ether oxygens (including phenoxy) is 6. The molecule has 1 aromatic rings. The first-order valence-electron chi connectivity index (χ1n) is 23.9. The Morgan fingerprint density at radius 1 is 0.831 bits per heavy atom. The number of benzene rings is 1. The molecule has 2 heterocycles. The van der Waals surface area contributed by atoms with Gasteiger partial charge in [-0.25, -0.2) is 0 Å². The number of Topliss-reactive ketones (excluding diaryl/α,β-unsaturated/α-hetero) is 2. The zero-order valence-electron chi connectivity index (χ0n) is 41.3. The molecule has 2 spiro atoms. The van der Waals surface area contributed by atoms with Crippen LogP contribution in [-0.4, -0.2) is 75.0 Å². The van der Waals surface area contributed by atoms with Crippen molar-refractivity contribution in [2.75, 3.05) is 46.8 Å². The molecule has 2 saturated heterocycles. The highest BCUT2D eigenvalue weighted by atomic mass is 33.1. The molecular formula is C53H78O9S3. The van der Waals surface area contributed by atoms with Gasteiger partial charge < -0.3 is 33.5 Å². The van der Waals surface area contributed by atoms with Gasteiger partial charge in [-0.15, -0.1) is 26.0 Å². The minimum absolute atomic E-state index is 0. The van der Waals surface area contributed by atoms with Gasteiger partial charge in [0.05, 0.1) is 53.4 Å². The fraction of sp³-hybridized carbons (Fsp3) is 0.698. The van der Waals surface area contributed by atoms with Crippen LogP contribution in [0.4, 0.5) is 0 Å². The minimum Gasteiger partial charge on any atom is -0.497 e. The van der Waals surface area contributed by atoms with Crippen LogP contribution in [0.25, 0.3) is 0 Å². The van der Waals surface area contributed by atoms with E-state index in [9.17, 15) is 14.7 Å². The number of fused-ring (bicyclic) bond motifs is 4. The Hall–Kier alpha value is -2.62. The summed E-state index contributed by atoms with van der Waals surface area (Å²) in [7, 11) is 2.57. The molecule has 4 saturated carbocycles. The number of terminal acetylenes is 2. The molecule has 7 rings (SSSR count). The Labute approximate surface area is 406 Å². The van der Waals surface area contributed by atoms with Gasteiger partial charge in [0.1, 0.15) is 17.3 Å². The predicted molar refractivity (Wildman–Crippen MR) is 267 cm³/mol. The highest BCUT2D eigenvalue weighted by Gasteiger charge is 2.71. The Balaban J connectivity index is 0.000000331. The van der Waals surface area contributed by atoms with Crippen LogP contribution in [-0.2, 0) is 71.1 Å². The van der Waals surface area contributed by atoms with E-state index in [2.05, 4.69) is 75.1 Å². The molecule has 2 aliphatic heterocycles. The van der Waals surface area contributed by atoms with E-state index in [1.165, 1.54) is 0 Å². The predicted octanol–water partition coefficient (Wildman–Crippen LogP) is 9.79. The molecule has 6 fully saturated rings. The summed E-state index contributed by atoms with van der Waals surface area (Å²) in [5.74, 6) is 5.91. The van der Waals surface area contributed by atoms with Crippen LogP contribution < -0.4 is 4.74 Å². The monoisotopic (exact) mass is 956 g/mol. The van der Waals surface area contributed by atoms with Gasteiger partial charge in [0.25, 0.3) is 0 Å². The number of hydrogen-bond acceptors (Lipinski definition) is 11. The van der Waals surface area contributed by atoms with E-state index in [0.29, 0.717) is 46.1 Å². The van der Waals surface area contributed by atoms with Gasteiger partial charge in [-0.3, -0.25) is 9.59 Å². The van der Waals surface area contributed by atoms with E-state index in [1.807, 2.05) is 44.2 Å². The summed E-state index contributed by atoms with van der Waals surface area (Å²) < 4.78 is 46.1. The lowest BCUT2D eigenvalue weighted by molar-refractivity contribution is -0.232. The lowest BCUT2D eigenvalue weighted by atomic mass is 9.49. The molecule has 0 radical (unpaired) electrons. The van der Waals surface area contributed by atoms with Crippen LogP contribution in [0.15, 0.2) is 49.6 Å². The smallest absolute Gasteiger partial charge is 0.173 e. The molecule has 362 valence electrons. The second-order valence-corrected chi connectivity index (χ2v) is 22.2. The molecule has 0 aromatic heterocycles. The minimum atomic E-state index is -0.749. The van der Waals surface area contributed by atoms with E-state index in [-0.39, 0.29) is 66.5 Å². The van der Waals surface area contributed by atoms with Gasteiger partial charge in [0.15, 0.2) is 11.6 Å². The number of rotatable bonds is 14. The molecule has 1 N–H and O–H groups in total. The van der Waals surface area contributed by atoms with Crippen molar-refractivity contribution in [3.8, 4) is 30.4 Å². The van der Waals surface area contributed by atoms with Gasteiger partial charge in [-0.2, -0.15) is 0 Å². The highest BCUT2D eigenvalue weighted by molar-refractivity contribution is 8.37. The standard InChI is InChI=1S/C30H40O5.C22H32O4.CH4.S3.H2/c1-7-27(4,21-33-20-23-9-11-24(32-6)12-10-23)19-25(31)28(5)22(3)13-14-29(8-2)15-16-30(26(28)29)34-17-18-35-30;1-6-19(4,15-23)14-17(24)20(5)16(3)8-9-21(7-2)10-11-22(18(20)21)25-12-13-26-22;;1-3-2;/h2,7,9-12,22,26H,1,13-21H2,3-6H3;2,6,16,18,23H,1,8-15H2,3-5H3;1H4;;1H/t22-,26?,27+,28?,29+;16-,18?,19+,20?,21+;;;/m11.../s1/i;;;;1+1D. The number of methoxy groups -OCH3 is 1. The van der Waals surface area contributed by atoms with E-state index < -0.39 is 33.2 Å². The van der Waals surface area contributed by atoms with Crippen LogP contribution in [0.1, 0.15) is 122 Å². The van der Waals surface area contributed by atoms with Crippen LogP contribution in [0.5, 0.6) is 5.75 Å². The fourth-order valence-electron chi connectivity index (χ4n) is 12.4. The molecule has 6 aliphatic rings. The first-order valence-corrected chi connectivity index (χ1v) is 25.6. The van der Waals surface area contributed by atoms with Crippen molar-refractivity contribution in [1.82, 2.24) is 0 Å². The molecule has 4 aliphatic carbocycles. The van der Waals surface area contributed by atoms with Gasteiger partial charge in [0, 0.05) is 104 Å². The zero-order chi connectivity index (χ0) is 49.2. The third-order valence-corrected chi connectivity index (χ3v) is 16.8. The summed E-state index contributed by atoms with van der Waals surface area (Å²) in [5, 5.41) is 9.77. The number of carbonyl (C=O) groups excluding carboxylic acids is 2. The number of aliphatic hydroxyl groups excluding tert-OH is 1. The van der Waals surface area contributed by atoms with Crippen molar-refractivity contribution in [2.45, 2.75) is 131 Å². The Morgan fingerprint density at radius 2 is 1.23 bits per heavy atom. The molecule has 9 nitrogen and oxygen atoms in total. The molecule has 0 bridgehead atoms. The lowest BCUT2D eigenvalue weighted by Crippen LogP contribution is -2.59. The van der Waals surface area contributed by atoms with E-state index in [1.54, 1.807) is 13.2 Å². The second kappa shape index (κ2) is 21.8. The van der Waals surface area contributed by atoms with Crippen molar-refractivity contribution in [1.29, 1.82) is 0 Å². The van der Waals surface area contributed by atoms with Crippen molar-refractivity contribution in [3.63, 3.8) is 0 Å². The zero-order valence-corrected chi connectivity index (χ0v) is 41.8. The maximum atomic E-state index is 14.3. The number of carbonyl (C=O) groups is 2. The third kappa shape index (κ3) is 10.2. The van der Waals surface area contributed by atoms with Crippen LogP contribution in [0, 0.1) is 80.8 Å². The number of hydrogen-bond donors (Lipinski definition) is 1. The van der Waals surface area contributed by atoms with E-state index >= 15 is 0 Å². The summed E-state index contributed by atoms with van der Waals surface area (Å²) >= 11 is 8.25. The first-order chi connectivity index (χ1) is 31.3. The molecule has 1 aromatic carbocycles. The van der Waals surface area contributed by atoms with Crippen molar-refractivity contribution >= 4 is 42.8 Å².